The summed E-state index contributed by atoms with van der Waals surface area (Å²) in [4.78, 5) is 0. The van der Waals surface area contributed by atoms with Gasteiger partial charge in [0.25, 0.3) is 0 Å². The van der Waals surface area contributed by atoms with Gasteiger partial charge in [-0.3, -0.25) is 0 Å². The monoisotopic (exact) mass is 179 g/mol. The van der Waals surface area contributed by atoms with Gasteiger partial charge < -0.3 is 15.9 Å². The molecule has 0 amide bonds. The van der Waals surface area contributed by atoms with Gasteiger partial charge in [-0.25, -0.2) is 0 Å². The average molecular weight is 179 g/mol. The summed E-state index contributed by atoms with van der Waals surface area (Å²) in [6.07, 6.45) is 1.58. The van der Waals surface area contributed by atoms with E-state index in [0.717, 1.165) is 0 Å². The molecule has 13 heavy (non-hydrogen) atoms. The summed E-state index contributed by atoms with van der Waals surface area (Å²) in [7, 11) is 0. The highest BCUT2D eigenvalue weighted by Crippen LogP contribution is 2.29. The third-order valence-corrected chi connectivity index (χ3v) is 2.02. The maximum atomic E-state index is 9.22. The van der Waals surface area contributed by atoms with Gasteiger partial charge in [-0.15, -0.1) is 6.58 Å². The van der Waals surface area contributed by atoms with E-state index in [0.29, 0.717) is 5.56 Å². The first-order chi connectivity index (χ1) is 5.97. The third kappa shape index (κ3) is 1.81. The summed E-state index contributed by atoms with van der Waals surface area (Å²) < 4.78 is 0. The standard InChI is InChI=1S/C10H13NO2/c1-3-10(2,11)7-4-5-8(12)9(13)6-7/h3-6,12-13H,1,11H2,2H3. The highest BCUT2D eigenvalue weighted by atomic mass is 16.3. The van der Waals surface area contributed by atoms with Crippen LogP contribution in [0.1, 0.15) is 12.5 Å². The first-order valence-corrected chi connectivity index (χ1v) is 3.92. The molecule has 0 bridgehead atoms. The van der Waals surface area contributed by atoms with E-state index in [-0.39, 0.29) is 11.5 Å². The Kier molecular flexibility index (Phi) is 2.30. The van der Waals surface area contributed by atoms with Crippen molar-refractivity contribution < 1.29 is 10.2 Å². The second-order valence-electron chi connectivity index (χ2n) is 3.19. The molecule has 3 heteroatoms. The zero-order valence-electron chi connectivity index (χ0n) is 7.49. The van der Waals surface area contributed by atoms with Crippen molar-refractivity contribution in [2.24, 2.45) is 5.73 Å². The lowest BCUT2D eigenvalue weighted by atomic mass is 9.93. The summed E-state index contributed by atoms with van der Waals surface area (Å²) in [6, 6.07) is 4.48. The molecule has 1 aromatic carbocycles. The molecule has 1 aromatic rings. The zero-order chi connectivity index (χ0) is 10.1. The number of benzene rings is 1. The Labute approximate surface area is 77.1 Å². The Balaban J connectivity index is 3.18. The number of nitrogens with two attached hydrogens (primary N) is 1. The first kappa shape index (κ1) is 9.61. The van der Waals surface area contributed by atoms with Gasteiger partial charge in [0.05, 0.1) is 5.54 Å². The predicted molar refractivity (Wildman–Crippen MR) is 51.5 cm³/mol. The summed E-state index contributed by atoms with van der Waals surface area (Å²) in [5.41, 5.74) is 5.86. The van der Waals surface area contributed by atoms with Gasteiger partial charge in [-0.2, -0.15) is 0 Å². The number of aromatic hydroxyl groups is 2. The maximum Gasteiger partial charge on any atom is 0.157 e. The van der Waals surface area contributed by atoms with E-state index in [2.05, 4.69) is 6.58 Å². The van der Waals surface area contributed by atoms with Crippen molar-refractivity contribution in [3.05, 3.63) is 36.4 Å². The zero-order valence-corrected chi connectivity index (χ0v) is 7.49. The molecule has 1 unspecified atom stereocenters. The van der Waals surface area contributed by atoms with Gasteiger partial charge >= 0.3 is 0 Å². The fourth-order valence-electron chi connectivity index (χ4n) is 0.976. The first-order valence-electron chi connectivity index (χ1n) is 3.92. The van der Waals surface area contributed by atoms with Gasteiger partial charge in [-0.1, -0.05) is 12.1 Å². The molecule has 0 saturated heterocycles. The summed E-state index contributed by atoms with van der Waals surface area (Å²) in [5, 5.41) is 18.3. The largest absolute Gasteiger partial charge is 0.504 e. The summed E-state index contributed by atoms with van der Waals surface area (Å²) in [6.45, 7) is 5.36. The molecule has 0 aliphatic rings. The Morgan fingerprint density at radius 3 is 2.46 bits per heavy atom. The van der Waals surface area contributed by atoms with Crippen LogP contribution < -0.4 is 5.73 Å². The van der Waals surface area contributed by atoms with Crippen molar-refractivity contribution in [2.75, 3.05) is 0 Å². The van der Waals surface area contributed by atoms with Gasteiger partial charge in [0.2, 0.25) is 0 Å². The Morgan fingerprint density at radius 2 is 2.00 bits per heavy atom. The highest BCUT2D eigenvalue weighted by Gasteiger charge is 2.17. The van der Waals surface area contributed by atoms with E-state index >= 15 is 0 Å². The molecule has 0 aliphatic heterocycles. The van der Waals surface area contributed by atoms with Crippen LogP contribution in [0.5, 0.6) is 11.5 Å². The molecule has 1 rings (SSSR count). The van der Waals surface area contributed by atoms with E-state index in [4.69, 9.17) is 10.8 Å². The van der Waals surface area contributed by atoms with Crippen LogP contribution in [0.15, 0.2) is 30.9 Å². The van der Waals surface area contributed by atoms with Crippen molar-refractivity contribution in [2.45, 2.75) is 12.5 Å². The molecule has 0 radical (unpaired) electrons. The molecule has 3 nitrogen and oxygen atoms in total. The maximum absolute atomic E-state index is 9.22. The third-order valence-electron chi connectivity index (χ3n) is 2.02. The molecule has 1 atom stereocenters. The van der Waals surface area contributed by atoms with E-state index in [1.54, 1.807) is 19.1 Å². The van der Waals surface area contributed by atoms with Crippen LogP contribution in [0.25, 0.3) is 0 Å². The Hall–Kier alpha value is -1.48. The van der Waals surface area contributed by atoms with Crippen LogP contribution >= 0.6 is 0 Å². The van der Waals surface area contributed by atoms with Crippen LogP contribution in [0.4, 0.5) is 0 Å². The Morgan fingerprint density at radius 1 is 1.38 bits per heavy atom. The Bertz CT molecular complexity index is 332. The average Bonchev–Trinajstić information content (AvgIpc) is 2.09. The second kappa shape index (κ2) is 3.11. The normalized spacial score (nSPS) is 14.9. The lowest BCUT2D eigenvalue weighted by Crippen LogP contribution is -2.29. The number of phenols is 2. The number of phenolic OH excluding ortho intramolecular Hbond substituents is 2. The highest BCUT2D eigenvalue weighted by molar-refractivity contribution is 5.43. The smallest absolute Gasteiger partial charge is 0.157 e. The van der Waals surface area contributed by atoms with E-state index in [1.807, 2.05) is 0 Å². The number of hydrogen-bond acceptors (Lipinski definition) is 3. The van der Waals surface area contributed by atoms with Crippen molar-refractivity contribution in [3.63, 3.8) is 0 Å². The molecular formula is C10H13NO2. The van der Waals surface area contributed by atoms with E-state index < -0.39 is 5.54 Å². The van der Waals surface area contributed by atoms with Crippen molar-refractivity contribution in [3.8, 4) is 11.5 Å². The van der Waals surface area contributed by atoms with Crippen LogP contribution in [0, 0.1) is 0 Å². The summed E-state index contributed by atoms with van der Waals surface area (Å²) in [5.74, 6) is -0.320. The SMILES string of the molecule is C=CC(C)(N)c1ccc(O)c(O)c1. The molecule has 0 heterocycles. The van der Waals surface area contributed by atoms with Gasteiger partial charge in [0.15, 0.2) is 11.5 Å². The number of rotatable bonds is 2. The van der Waals surface area contributed by atoms with E-state index in [9.17, 15) is 5.11 Å². The molecular weight excluding hydrogens is 166 g/mol. The van der Waals surface area contributed by atoms with Crippen molar-refractivity contribution >= 4 is 0 Å². The quantitative estimate of drug-likeness (QED) is 0.475. The molecule has 4 N–H and O–H groups in total. The molecule has 70 valence electrons. The van der Waals surface area contributed by atoms with Crippen LogP contribution in [0.3, 0.4) is 0 Å². The van der Waals surface area contributed by atoms with Gasteiger partial charge in [-0.05, 0) is 24.6 Å². The number of hydrogen-bond donors (Lipinski definition) is 3. The summed E-state index contributed by atoms with van der Waals surface area (Å²) >= 11 is 0. The molecule has 0 spiro atoms. The van der Waals surface area contributed by atoms with Gasteiger partial charge in [0.1, 0.15) is 0 Å². The molecule has 0 aliphatic carbocycles. The second-order valence-corrected chi connectivity index (χ2v) is 3.19. The minimum Gasteiger partial charge on any atom is -0.504 e. The molecule has 0 aromatic heterocycles. The van der Waals surface area contributed by atoms with Crippen molar-refractivity contribution in [1.29, 1.82) is 0 Å². The topological polar surface area (TPSA) is 66.5 Å². The van der Waals surface area contributed by atoms with Gasteiger partial charge in [0, 0.05) is 0 Å². The van der Waals surface area contributed by atoms with Crippen LogP contribution in [-0.4, -0.2) is 10.2 Å². The fraction of sp³-hybridized carbons (Fsp3) is 0.200. The van der Waals surface area contributed by atoms with Crippen molar-refractivity contribution in [1.82, 2.24) is 0 Å². The lowest BCUT2D eigenvalue weighted by molar-refractivity contribution is 0.402. The minimum absolute atomic E-state index is 0.149. The molecule has 0 fully saturated rings. The predicted octanol–water partition coefficient (Wildman–Crippen LogP) is 1.46. The minimum atomic E-state index is -0.689. The van der Waals surface area contributed by atoms with E-state index in [1.165, 1.54) is 12.1 Å². The van der Waals surface area contributed by atoms with Crippen LogP contribution in [-0.2, 0) is 5.54 Å². The lowest BCUT2D eigenvalue weighted by Gasteiger charge is -2.20. The van der Waals surface area contributed by atoms with Crippen LogP contribution in [0.2, 0.25) is 0 Å². The fourth-order valence-corrected chi connectivity index (χ4v) is 0.976. The molecule has 0 saturated carbocycles.